The van der Waals surface area contributed by atoms with Crippen LogP contribution < -0.4 is 5.32 Å². The molecule has 0 bridgehead atoms. The fraction of sp³-hybridized carbons (Fsp3) is 0.250. The number of carbonyl (C=O) groups is 1. The van der Waals surface area contributed by atoms with Crippen LogP contribution in [0.5, 0.6) is 0 Å². The van der Waals surface area contributed by atoms with Gasteiger partial charge in [0.05, 0.1) is 11.6 Å². The molecule has 1 aliphatic rings. The zero-order valence-electron chi connectivity index (χ0n) is 11.3. The number of aryl methyl sites for hydroxylation is 2. The Labute approximate surface area is 117 Å². The first kappa shape index (κ1) is 12.7. The van der Waals surface area contributed by atoms with Crippen LogP contribution in [-0.2, 0) is 6.42 Å². The molecule has 0 radical (unpaired) electrons. The van der Waals surface area contributed by atoms with E-state index < -0.39 is 5.97 Å². The summed E-state index contributed by atoms with van der Waals surface area (Å²) in [5.74, 6) is -0.867. The monoisotopic (exact) mass is 268 g/mol. The largest absolute Gasteiger partial charge is 0.478 e. The van der Waals surface area contributed by atoms with E-state index in [4.69, 9.17) is 5.11 Å². The highest BCUT2D eigenvalue weighted by Crippen LogP contribution is 2.34. The minimum absolute atomic E-state index is 0.245. The van der Waals surface area contributed by atoms with E-state index in [1.54, 1.807) is 18.3 Å². The van der Waals surface area contributed by atoms with Gasteiger partial charge in [-0.15, -0.1) is 0 Å². The van der Waals surface area contributed by atoms with Gasteiger partial charge in [-0.3, -0.25) is 4.98 Å². The summed E-state index contributed by atoms with van der Waals surface area (Å²) in [6.07, 6.45) is 3.69. The summed E-state index contributed by atoms with van der Waals surface area (Å²) in [7, 11) is 0. The maximum atomic E-state index is 11.0. The van der Waals surface area contributed by atoms with E-state index in [0.29, 0.717) is 5.56 Å². The second-order valence-electron chi connectivity index (χ2n) is 5.14. The van der Waals surface area contributed by atoms with Crippen LogP contribution in [0, 0.1) is 6.92 Å². The molecular weight excluding hydrogens is 252 g/mol. The van der Waals surface area contributed by atoms with Crippen molar-refractivity contribution in [3.05, 3.63) is 58.9 Å². The van der Waals surface area contributed by atoms with Crippen LogP contribution in [0.2, 0.25) is 0 Å². The van der Waals surface area contributed by atoms with Crippen molar-refractivity contribution in [2.24, 2.45) is 0 Å². The highest BCUT2D eigenvalue weighted by Gasteiger charge is 2.23. The van der Waals surface area contributed by atoms with Crippen molar-refractivity contribution in [1.29, 1.82) is 0 Å². The highest BCUT2D eigenvalue weighted by atomic mass is 16.4. The lowest BCUT2D eigenvalue weighted by Crippen LogP contribution is -2.07. The molecule has 0 spiro atoms. The number of carboxylic acids is 1. The Hall–Kier alpha value is -2.36. The summed E-state index contributed by atoms with van der Waals surface area (Å²) in [6, 6.07) is 9.61. The van der Waals surface area contributed by atoms with Gasteiger partial charge in [-0.2, -0.15) is 0 Å². The number of benzene rings is 1. The summed E-state index contributed by atoms with van der Waals surface area (Å²) in [4.78, 5) is 15.2. The Kier molecular flexibility index (Phi) is 3.14. The van der Waals surface area contributed by atoms with E-state index in [9.17, 15) is 4.79 Å². The minimum Gasteiger partial charge on any atom is -0.478 e. The van der Waals surface area contributed by atoms with Crippen molar-refractivity contribution in [3.63, 3.8) is 0 Å². The number of anilines is 1. The van der Waals surface area contributed by atoms with E-state index >= 15 is 0 Å². The zero-order chi connectivity index (χ0) is 14.1. The maximum Gasteiger partial charge on any atom is 0.335 e. The number of hydrogen-bond donors (Lipinski definition) is 2. The molecule has 4 heteroatoms. The van der Waals surface area contributed by atoms with Gasteiger partial charge >= 0.3 is 5.97 Å². The second kappa shape index (κ2) is 4.96. The van der Waals surface area contributed by atoms with Crippen molar-refractivity contribution >= 4 is 11.7 Å². The molecule has 4 nitrogen and oxygen atoms in total. The van der Waals surface area contributed by atoms with Crippen molar-refractivity contribution in [3.8, 4) is 0 Å². The van der Waals surface area contributed by atoms with Crippen LogP contribution in [0.1, 0.15) is 39.6 Å². The molecule has 1 unspecified atom stereocenters. The van der Waals surface area contributed by atoms with Crippen molar-refractivity contribution in [2.75, 3.05) is 5.32 Å². The van der Waals surface area contributed by atoms with Crippen molar-refractivity contribution < 1.29 is 9.90 Å². The number of carboxylic acid groups (broad SMARTS) is 1. The lowest BCUT2D eigenvalue weighted by Gasteiger charge is -2.16. The zero-order valence-corrected chi connectivity index (χ0v) is 11.3. The number of aromatic nitrogens is 1. The molecule has 2 aromatic rings. The predicted molar refractivity (Wildman–Crippen MR) is 77.1 cm³/mol. The SMILES string of the molecule is Cc1cc(NC2CCc3cc(C(=O)O)ccc32)ccn1. The van der Waals surface area contributed by atoms with Gasteiger partial charge in [-0.25, -0.2) is 4.79 Å². The number of nitrogens with zero attached hydrogens (tertiary/aromatic N) is 1. The molecule has 1 aromatic carbocycles. The van der Waals surface area contributed by atoms with Crippen molar-refractivity contribution in [1.82, 2.24) is 4.98 Å². The smallest absolute Gasteiger partial charge is 0.335 e. The molecule has 3 rings (SSSR count). The maximum absolute atomic E-state index is 11.0. The number of hydrogen-bond acceptors (Lipinski definition) is 3. The van der Waals surface area contributed by atoms with E-state index in [1.807, 2.05) is 25.1 Å². The third-order valence-electron chi connectivity index (χ3n) is 3.71. The highest BCUT2D eigenvalue weighted by molar-refractivity contribution is 5.88. The van der Waals surface area contributed by atoms with Gasteiger partial charge < -0.3 is 10.4 Å². The summed E-state index contributed by atoms with van der Waals surface area (Å²) >= 11 is 0. The van der Waals surface area contributed by atoms with Gasteiger partial charge in [0.25, 0.3) is 0 Å². The first-order valence-corrected chi connectivity index (χ1v) is 6.69. The second-order valence-corrected chi connectivity index (χ2v) is 5.14. The molecule has 20 heavy (non-hydrogen) atoms. The molecule has 0 amide bonds. The Morgan fingerprint density at radius 2 is 2.20 bits per heavy atom. The molecule has 1 heterocycles. The number of rotatable bonds is 3. The van der Waals surface area contributed by atoms with E-state index in [1.165, 1.54) is 5.56 Å². The van der Waals surface area contributed by atoms with E-state index in [2.05, 4.69) is 10.3 Å². The van der Waals surface area contributed by atoms with Gasteiger partial charge in [0.2, 0.25) is 0 Å². The Morgan fingerprint density at radius 3 is 2.95 bits per heavy atom. The molecule has 0 fully saturated rings. The molecule has 1 aliphatic carbocycles. The van der Waals surface area contributed by atoms with Crippen LogP contribution in [0.3, 0.4) is 0 Å². The van der Waals surface area contributed by atoms with Crippen molar-refractivity contribution in [2.45, 2.75) is 25.8 Å². The first-order valence-electron chi connectivity index (χ1n) is 6.69. The lowest BCUT2D eigenvalue weighted by molar-refractivity contribution is 0.0697. The molecular formula is C16H16N2O2. The lowest BCUT2D eigenvalue weighted by atomic mass is 10.0. The Balaban J connectivity index is 1.84. The number of fused-ring (bicyclic) bond motifs is 1. The predicted octanol–water partition coefficient (Wildman–Crippen LogP) is 3.19. The number of aromatic carboxylic acids is 1. The minimum atomic E-state index is -0.867. The fourth-order valence-corrected chi connectivity index (χ4v) is 2.74. The quantitative estimate of drug-likeness (QED) is 0.897. The van der Waals surface area contributed by atoms with Gasteiger partial charge in [-0.05, 0) is 55.2 Å². The Bertz CT molecular complexity index is 667. The topological polar surface area (TPSA) is 62.2 Å². The Morgan fingerprint density at radius 1 is 1.35 bits per heavy atom. The van der Waals surface area contributed by atoms with E-state index in [0.717, 1.165) is 29.8 Å². The summed E-state index contributed by atoms with van der Waals surface area (Å²) in [5.41, 5.74) is 4.73. The van der Waals surface area contributed by atoms with Crippen LogP contribution in [0.4, 0.5) is 5.69 Å². The average molecular weight is 268 g/mol. The summed E-state index contributed by atoms with van der Waals surface area (Å²) in [6.45, 7) is 1.97. The van der Waals surface area contributed by atoms with E-state index in [-0.39, 0.29) is 6.04 Å². The van der Waals surface area contributed by atoms with Crippen LogP contribution in [-0.4, -0.2) is 16.1 Å². The van der Waals surface area contributed by atoms with Gasteiger partial charge in [0, 0.05) is 17.6 Å². The van der Waals surface area contributed by atoms with Gasteiger partial charge in [-0.1, -0.05) is 6.07 Å². The van der Waals surface area contributed by atoms with Crippen LogP contribution >= 0.6 is 0 Å². The van der Waals surface area contributed by atoms with Crippen LogP contribution in [0.15, 0.2) is 36.5 Å². The number of pyridine rings is 1. The fourth-order valence-electron chi connectivity index (χ4n) is 2.74. The molecule has 2 N–H and O–H groups in total. The normalized spacial score (nSPS) is 16.8. The van der Waals surface area contributed by atoms with Crippen LogP contribution in [0.25, 0.3) is 0 Å². The molecule has 102 valence electrons. The van der Waals surface area contributed by atoms with Gasteiger partial charge in [0.15, 0.2) is 0 Å². The van der Waals surface area contributed by atoms with Gasteiger partial charge in [0.1, 0.15) is 0 Å². The third kappa shape index (κ3) is 2.37. The third-order valence-corrected chi connectivity index (χ3v) is 3.71. The molecule has 0 aliphatic heterocycles. The standard InChI is InChI=1S/C16H16N2O2/c1-10-8-13(6-7-17-10)18-15-5-3-11-9-12(16(19)20)2-4-14(11)15/h2,4,6-9,15H,3,5H2,1H3,(H,17,18)(H,19,20). The first-order chi connectivity index (χ1) is 9.63. The number of nitrogens with one attached hydrogen (secondary N) is 1. The molecule has 1 atom stereocenters. The molecule has 0 saturated carbocycles. The summed E-state index contributed by atoms with van der Waals surface area (Å²) < 4.78 is 0. The molecule has 1 aromatic heterocycles. The average Bonchev–Trinajstić information content (AvgIpc) is 2.81. The molecule has 0 saturated heterocycles. The summed E-state index contributed by atoms with van der Waals surface area (Å²) in [5, 5.41) is 12.5.